The predicted octanol–water partition coefficient (Wildman–Crippen LogP) is 4.45. The minimum atomic E-state index is -4.64. The lowest BCUT2D eigenvalue weighted by Crippen LogP contribution is -2.18. The van der Waals surface area contributed by atoms with Crippen molar-refractivity contribution < 1.29 is 31.5 Å². The molecule has 0 unspecified atom stereocenters. The minimum absolute atomic E-state index is 0.0664. The number of nitrogens with zero attached hydrogens (tertiary/aromatic N) is 3. The summed E-state index contributed by atoms with van der Waals surface area (Å²) < 4.78 is 69.2. The standard InChI is InChI=1S/C18H13F5N4O2/c1-10-15(16(28)24-14-5-3-2-4-13(14)18(21,22)23)25-26-27(10)11-6-8-12(9-7-11)29-17(19)20/h2-9,17H,1H3,(H,24,28). The number of carbonyl (C=O) groups excluding carboxylic acids is 1. The first kappa shape index (κ1) is 20.2. The van der Waals surface area contributed by atoms with Gasteiger partial charge in [-0.3, -0.25) is 4.79 Å². The normalized spacial score (nSPS) is 11.6. The fraction of sp³-hybridized carbons (Fsp3) is 0.167. The molecule has 3 aromatic rings. The van der Waals surface area contributed by atoms with Gasteiger partial charge >= 0.3 is 12.8 Å². The van der Waals surface area contributed by atoms with Crippen LogP contribution in [0.3, 0.4) is 0 Å². The smallest absolute Gasteiger partial charge is 0.418 e. The quantitative estimate of drug-likeness (QED) is 0.629. The van der Waals surface area contributed by atoms with Gasteiger partial charge in [0.25, 0.3) is 5.91 Å². The predicted molar refractivity (Wildman–Crippen MR) is 92.1 cm³/mol. The SMILES string of the molecule is Cc1c(C(=O)Nc2ccccc2C(F)(F)F)nnn1-c1ccc(OC(F)F)cc1. The van der Waals surface area contributed by atoms with E-state index < -0.39 is 29.9 Å². The molecular weight excluding hydrogens is 399 g/mol. The largest absolute Gasteiger partial charge is 0.435 e. The first-order chi connectivity index (χ1) is 13.7. The van der Waals surface area contributed by atoms with Crippen LogP contribution in [-0.4, -0.2) is 27.5 Å². The van der Waals surface area contributed by atoms with Gasteiger partial charge in [0.15, 0.2) is 5.69 Å². The number of hydrogen-bond acceptors (Lipinski definition) is 4. The van der Waals surface area contributed by atoms with Crippen molar-refractivity contribution >= 4 is 11.6 Å². The average molecular weight is 412 g/mol. The molecule has 0 fully saturated rings. The van der Waals surface area contributed by atoms with Crippen LogP contribution in [0.1, 0.15) is 21.7 Å². The van der Waals surface area contributed by atoms with Crippen molar-refractivity contribution in [2.75, 3.05) is 5.32 Å². The van der Waals surface area contributed by atoms with E-state index in [0.29, 0.717) is 5.69 Å². The summed E-state index contributed by atoms with van der Waals surface area (Å²) >= 11 is 0. The molecule has 0 saturated heterocycles. The third-order valence-electron chi connectivity index (χ3n) is 3.90. The third-order valence-corrected chi connectivity index (χ3v) is 3.90. The second-order valence-corrected chi connectivity index (χ2v) is 5.81. The Balaban J connectivity index is 1.84. The fourth-order valence-electron chi connectivity index (χ4n) is 2.57. The van der Waals surface area contributed by atoms with Gasteiger partial charge in [0.2, 0.25) is 0 Å². The number of para-hydroxylation sites is 1. The summed E-state index contributed by atoms with van der Waals surface area (Å²) in [4.78, 5) is 12.4. The molecule has 11 heteroatoms. The van der Waals surface area contributed by atoms with Gasteiger partial charge < -0.3 is 10.1 Å². The first-order valence-corrected chi connectivity index (χ1v) is 8.12. The number of ether oxygens (including phenoxy) is 1. The van der Waals surface area contributed by atoms with E-state index in [2.05, 4.69) is 20.4 Å². The van der Waals surface area contributed by atoms with Crippen LogP contribution in [0.5, 0.6) is 5.75 Å². The van der Waals surface area contributed by atoms with Gasteiger partial charge in [0.1, 0.15) is 5.75 Å². The summed E-state index contributed by atoms with van der Waals surface area (Å²) in [5, 5.41) is 9.72. The zero-order chi connectivity index (χ0) is 21.2. The van der Waals surface area contributed by atoms with Crippen molar-refractivity contribution in [2.45, 2.75) is 19.7 Å². The van der Waals surface area contributed by atoms with Crippen LogP contribution in [-0.2, 0) is 6.18 Å². The van der Waals surface area contributed by atoms with E-state index in [1.54, 1.807) is 0 Å². The van der Waals surface area contributed by atoms with Gasteiger partial charge in [-0.1, -0.05) is 17.3 Å². The number of halogens is 5. The topological polar surface area (TPSA) is 69.0 Å². The highest BCUT2D eigenvalue weighted by Gasteiger charge is 2.34. The minimum Gasteiger partial charge on any atom is -0.435 e. The number of amides is 1. The molecule has 2 aromatic carbocycles. The lowest BCUT2D eigenvalue weighted by molar-refractivity contribution is -0.136. The van der Waals surface area contributed by atoms with Gasteiger partial charge in [0, 0.05) is 0 Å². The molecule has 3 rings (SSSR count). The molecule has 0 spiro atoms. The maximum Gasteiger partial charge on any atom is 0.418 e. The Kier molecular flexibility index (Phi) is 5.48. The lowest BCUT2D eigenvalue weighted by atomic mass is 10.1. The van der Waals surface area contributed by atoms with Gasteiger partial charge in [-0.25, -0.2) is 4.68 Å². The van der Waals surface area contributed by atoms with Gasteiger partial charge in [-0.05, 0) is 43.3 Å². The highest BCUT2D eigenvalue weighted by atomic mass is 19.4. The van der Waals surface area contributed by atoms with Crippen molar-refractivity contribution in [3.8, 4) is 11.4 Å². The molecule has 29 heavy (non-hydrogen) atoms. The van der Waals surface area contributed by atoms with E-state index in [0.717, 1.165) is 12.1 Å². The molecule has 1 heterocycles. The molecule has 152 valence electrons. The number of hydrogen-bond donors (Lipinski definition) is 1. The van der Waals surface area contributed by atoms with Crippen LogP contribution in [0.2, 0.25) is 0 Å². The second kappa shape index (κ2) is 7.86. The van der Waals surface area contributed by atoms with E-state index in [1.807, 2.05) is 0 Å². The van der Waals surface area contributed by atoms with Crippen LogP contribution in [0.15, 0.2) is 48.5 Å². The number of rotatable bonds is 5. The number of nitrogens with one attached hydrogen (secondary N) is 1. The Morgan fingerprint density at radius 3 is 2.38 bits per heavy atom. The number of anilines is 1. The average Bonchev–Trinajstić information content (AvgIpc) is 3.03. The molecule has 1 N–H and O–H groups in total. The van der Waals surface area contributed by atoms with Crippen molar-refractivity contribution in [3.05, 3.63) is 65.5 Å². The Hall–Kier alpha value is -3.50. The Morgan fingerprint density at radius 1 is 1.10 bits per heavy atom. The molecule has 0 aliphatic heterocycles. The molecule has 1 amide bonds. The number of carbonyl (C=O) groups is 1. The molecule has 1 aromatic heterocycles. The number of alkyl halides is 5. The van der Waals surface area contributed by atoms with Crippen molar-refractivity contribution in [2.24, 2.45) is 0 Å². The summed E-state index contributed by atoms with van der Waals surface area (Å²) in [6, 6.07) is 9.94. The second-order valence-electron chi connectivity index (χ2n) is 5.81. The van der Waals surface area contributed by atoms with Crippen molar-refractivity contribution in [3.63, 3.8) is 0 Å². The maximum atomic E-state index is 13.1. The van der Waals surface area contributed by atoms with Gasteiger partial charge in [0.05, 0.1) is 22.6 Å². The van der Waals surface area contributed by atoms with Crippen molar-refractivity contribution in [1.29, 1.82) is 0 Å². The fourth-order valence-corrected chi connectivity index (χ4v) is 2.57. The molecule has 0 saturated carbocycles. The van der Waals surface area contributed by atoms with Crippen LogP contribution in [0.4, 0.5) is 27.6 Å². The molecule has 0 bridgehead atoms. The Bertz CT molecular complexity index is 1020. The molecule has 0 aliphatic rings. The van der Waals surface area contributed by atoms with Crippen LogP contribution >= 0.6 is 0 Å². The maximum absolute atomic E-state index is 13.1. The van der Waals surface area contributed by atoms with Crippen molar-refractivity contribution in [1.82, 2.24) is 15.0 Å². The summed E-state index contributed by atoms with van der Waals surface area (Å²) in [7, 11) is 0. The Morgan fingerprint density at radius 2 is 1.76 bits per heavy atom. The lowest BCUT2D eigenvalue weighted by Gasteiger charge is -2.13. The first-order valence-electron chi connectivity index (χ1n) is 8.12. The summed E-state index contributed by atoms with van der Waals surface area (Å²) in [5.74, 6) is -0.939. The van der Waals surface area contributed by atoms with E-state index in [4.69, 9.17) is 0 Å². The molecule has 0 atom stereocenters. The van der Waals surface area contributed by atoms with Crippen LogP contribution < -0.4 is 10.1 Å². The summed E-state index contributed by atoms with van der Waals surface area (Å²) in [6.07, 6.45) is -4.64. The summed E-state index contributed by atoms with van der Waals surface area (Å²) in [5.41, 5.74) is -0.948. The van der Waals surface area contributed by atoms with Gasteiger partial charge in [-0.2, -0.15) is 22.0 Å². The summed E-state index contributed by atoms with van der Waals surface area (Å²) in [6.45, 7) is -1.47. The molecular formula is C18H13F5N4O2. The number of benzene rings is 2. The molecule has 0 aliphatic carbocycles. The molecule has 0 radical (unpaired) electrons. The highest BCUT2D eigenvalue weighted by molar-refractivity contribution is 6.04. The highest BCUT2D eigenvalue weighted by Crippen LogP contribution is 2.34. The van der Waals surface area contributed by atoms with E-state index >= 15 is 0 Å². The third kappa shape index (κ3) is 4.50. The Labute approximate surface area is 160 Å². The van der Waals surface area contributed by atoms with Gasteiger partial charge in [-0.15, -0.1) is 5.10 Å². The zero-order valence-corrected chi connectivity index (χ0v) is 14.7. The molecule has 6 nitrogen and oxygen atoms in total. The van der Waals surface area contributed by atoms with Crippen LogP contribution in [0, 0.1) is 6.92 Å². The number of aromatic nitrogens is 3. The van der Waals surface area contributed by atoms with Crippen LogP contribution in [0.25, 0.3) is 5.69 Å². The van der Waals surface area contributed by atoms with E-state index in [1.165, 1.54) is 48.0 Å². The monoisotopic (exact) mass is 412 g/mol. The zero-order valence-electron chi connectivity index (χ0n) is 14.7. The van der Waals surface area contributed by atoms with E-state index in [-0.39, 0.29) is 17.1 Å². The van der Waals surface area contributed by atoms with E-state index in [9.17, 15) is 26.7 Å².